The van der Waals surface area contributed by atoms with E-state index in [0.717, 1.165) is 54.8 Å². The number of piperazine rings is 1. The van der Waals surface area contributed by atoms with Gasteiger partial charge in [-0.1, -0.05) is 6.07 Å². The van der Waals surface area contributed by atoms with Crippen LogP contribution in [0.25, 0.3) is 21.8 Å². The molecular weight excluding hydrogens is 531 g/mol. The fourth-order valence-corrected chi connectivity index (χ4v) is 6.34. The molecular formula is C26H24F3N7S2. The Balaban J connectivity index is 1.36. The van der Waals surface area contributed by atoms with Crippen molar-refractivity contribution in [3.05, 3.63) is 71.1 Å². The van der Waals surface area contributed by atoms with Crippen LogP contribution in [0.4, 0.5) is 24.8 Å². The Labute approximate surface area is 225 Å². The summed E-state index contributed by atoms with van der Waals surface area (Å²) in [5.41, 5.74) is 7.24. The average molecular weight is 556 g/mol. The number of halogens is 3. The van der Waals surface area contributed by atoms with Crippen molar-refractivity contribution in [1.82, 2.24) is 25.2 Å². The first-order valence-electron chi connectivity index (χ1n) is 12.2. The van der Waals surface area contributed by atoms with E-state index in [4.69, 9.17) is 10.7 Å². The van der Waals surface area contributed by atoms with Crippen LogP contribution in [0.5, 0.6) is 0 Å². The Morgan fingerprint density at radius 1 is 1.11 bits per heavy atom. The number of nitrogens with one attached hydrogen (secondary N) is 2. The Hall–Kier alpha value is -3.19. The van der Waals surface area contributed by atoms with Crippen molar-refractivity contribution in [2.24, 2.45) is 0 Å². The molecule has 1 aliphatic heterocycles. The lowest BCUT2D eigenvalue weighted by Crippen LogP contribution is -2.46. The van der Waals surface area contributed by atoms with Gasteiger partial charge in [0.25, 0.3) is 0 Å². The second kappa shape index (κ2) is 10.5. The van der Waals surface area contributed by atoms with Crippen molar-refractivity contribution in [2.45, 2.75) is 29.8 Å². The second-order valence-electron chi connectivity index (χ2n) is 9.21. The van der Waals surface area contributed by atoms with Crippen LogP contribution in [0.3, 0.4) is 0 Å². The summed E-state index contributed by atoms with van der Waals surface area (Å²) < 4.78 is 46.4. The zero-order valence-corrected chi connectivity index (χ0v) is 21.8. The second-order valence-corrected chi connectivity index (χ2v) is 11.1. The molecule has 3 heterocycles. The number of nitrogen functional groups attached to an aromatic ring is 1. The van der Waals surface area contributed by atoms with E-state index in [1.807, 2.05) is 0 Å². The molecule has 2 aromatic carbocycles. The van der Waals surface area contributed by atoms with E-state index >= 15 is 4.39 Å². The lowest BCUT2D eigenvalue weighted by atomic mass is 10.1. The van der Waals surface area contributed by atoms with Gasteiger partial charge in [-0.15, -0.1) is 11.3 Å². The van der Waals surface area contributed by atoms with Crippen molar-refractivity contribution >= 4 is 34.9 Å². The van der Waals surface area contributed by atoms with Crippen molar-refractivity contribution < 1.29 is 13.2 Å². The zero-order valence-electron chi connectivity index (χ0n) is 20.1. The molecule has 4 N–H and O–H groups in total. The average Bonchev–Trinajstić information content (AvgIpc) is 3.68. The number of hydrogen-bond acceptors (Lipinski definition) is 9. The minimum Gasteiger partial charge on any atom is -0.368 e. The van der Waals surface area contributed by atoms with Crippen LogP contribution in [0.15, 0.2) is 53.6 Å². The van der Waals surface area contributed by atoms with Gasteiger partial charge in [0, 0.05) is 37.4 Å². The van der Waals surface area contributed by atoms with Crippen molar-refractivity contribution in [1.29, 1.82) is 0 Å². The normalized spacial score (nSPS) is 18.0. The molecule has 1 atom stereocenters. The summed E-state index contributed by atoms with van der Waals surface area (Å²) >= 11 is 2.25. The minimum atomic E-state index is -0.603. The Bertz CT molecular complexity index is 1480. The maximum absolute atomic E-state index is 15.9. The molecule has 1 saturated carbocycles. The number of nitrogens with two attached hydrogens (primary N) is 1. The molecule has 1 aliphatic carbocycles. The highest BCUT2D eigenvalue weighted by Crippen LogP contribution is 2.41. The molecule has 2 aliphatic rings. The summed E-state index contributed by atoms with van der Waals surface area (Å²) in [5, 5.41) is 4.39. The van der Waals surface area contributed by atoms with Crippen LogP contribution in [0.2, 0.25) is 0 Å². The maximum Gasteiger partial charge on any atom is 0.220 e. The summed E-state index contributed by atoms with van der Waals surface area (Å²) in [5.74, 6) is -1.63. The molecule has 38 heavy (non-hydrogen) atoms. The van der Waals surface area contributed by atoms with Gasteiger partial charge in [0.15, 0.2) is 5.82 Å². The van der Waals surface area contributed by atoms with Gasteiger partial charge < -0.3 is 15.8 Å². The van der Waals surface area contributed by atoms with E-state index in [1.165, 1.54) is 30.2 Å². The molecule has 196 valence electrons. The Morgan fingerprint density at radius 2 is 1.97 bits per heavy atom. The monoisotopic (exact) mass is 555 g/mol. The highest BCUT2D eigenvalue weighted by molar-refractivity contribution is 8.00. The quantitative estimate of drug-likeness (QED) is 0.258. The first-order valence-corrected chi connectivity index (χ1v) is 13.8. The molecule has 7 nitrogen and oxygen atoms in total. The summed E-state index contributed by atoms with van der Waals surface area (Å²) in [6.07, 6.45) is 4.01. The Morgan fingerprint density at radius 3 is 2.79 bits per heavy atom. The van der Waals surface area contributed by atoms with Gasteiger partial charge >= 0.3 is 0 Å². The number of rotatable bonds is 7. The molecule has 1 saturated heterocycles. The first-order chi connectivity index (χ1) is 18.5. The molecule has 12 heteroatoms. The fraction of sp³-hybridized carbons (Fsp3) is 0.269. The number of anilines is 2. The van der Waals surface area contributed by atoms with Gasteiger partial charge in [-0.05, 0) is 61.2 Å². The molecule has 0 bridgehead atoms. The largest absolute Gasteiger partial charge is 0.368 e. The Kier molecular flexibility index (Phi) is 6.95. The summed E-state index contributed by atoms with van der Waals surface area (Å²) in [6, 6.07) is 10.4. The summed E-state index contributed by atoms with van der Waals surface area (Å²) in [6.45, 7) is 2.69. The van der Waals surface area contributed by atoms with Crippen LogP contribution in [-0.2, 0) is 0 Å². The topological polar surface area (TPSA) is 92.0 Å². The minimum absolute atomic E-state index is 0.0110. The number of nitrogens with zero attached hydrogens (tertiary/aromatic N) is 4. The van der Waals surface area contributed by atoms with E-state index in [2.05, 4.69) is 24.9 Å². The smallest absolute Gasteiger partial charge is 0.220 e. The number of aromatic nitrogens is 3. The molecule has 1 unspecified atom stereocenters. The molecule has 0 spiro atoms. The lowest BCUT2D eigenvalue weighted by molar-refractivity contribution is 0.192. The number of thiazole rings is 1. The fourth-order valence-electron chi connectivity index (χ4n) is 4.51. The van der Waals surface area contributed by atoms with Crippen LogP contribution < -0.4 is 15.8 Å². The number of hydrogen-bond donors (Lipinski definition) is 3. The predicted molar refractivity (Wildman–Crippen MR) is 144 cm³/mol. The van der Waals surface area contributed by atoms with E-state index in [1.54, 1.807) is 24.4 Å². The van der Waals surface area contributed by atoms with E-state index in [0.29, 0.717) is 22.3 Å². The summed E-state index contributed by atoms with van der Waals surface area (Å²) in [7, 11) is 0. The highest BCUT2D eigenvalue weighted by atomic mass is 32.2. The molecule has 0 amide bonds. The van der Waals surface area contributed by atoms with Gasteiger partial charge in [0.2, 0.25) is 5.95 Å². The van der Waals surface area contributed by atoms with Gasteiger partial charge in [-0.2, -0.15) is 0 Å². The molecule has 6 rings (SSSR count). The third-order valence-corrected chi connectivity index (χ3v) is 8.58. The van der Waals surface area contributed by atoms with Crippen molar-refractivity contribution in [3.8, 4) is 21.8 Å². The maximum atomic E-state index is 15.9. The van der Waals surface area contributed by atoms with Crippen LogP contribution >= 0.6 is 23.3 Å². The predicted octanol–water partition coefficient (Wildman–Crippen LogP) is 5.49. The van der Waals surface area contributed by atoms with Gasteiger partial charge in [-0.3, -0.25) is 4.90 Å². The molecule has 2 aromatic heterocycles. The molecule has 4 aromatic rings. The first kappa shape index (κ1) is 25.1. The summed E-state index contributed by atoms with van der Waals surface area (Å²) in [4.78, 5) is 16.5. The van der Waals surface area contributed by atoms with Gasteiger partial charge in [0.05, 0.1) is 32.9 Å². The third kappa shape index (κ3) is 5.21. The van der Waals surface area contributed by atoms with Crippen LogP contribution in [-0.4, -0.2) is 45.5 Å². The van der Waals surface area contributed by atoms with E-state index in [-0.39, 0.29) is 28.1 Å². The number of benzene rings is 2. The van der Waals surface area contributed by atoms with Crippen LogP contribution in [0.1, 0.15) is 23.9 Å². The van der Waals surface area contributed by atoms with E-state index in [9.17, 15) is 8.78 Å². The zero-order chi connectivity index (χ0) is 26.2. The third-order valence-electron chi connectivity index (χ3n) is 6.54. The van der Waals surface area contributed by atoms with Crippen LogP contribution in [0, 0.1) is 17.5 Å². The molecule has 0 radical (unpaired) electrons. The van der Waals surface area contributed by atoms with Gasteiger partial charge in [0.1, 0.15) is 16.6 Å². The highest BCUT2D eigenvalue weighted by Gasteiger charge is 2.34. The SMILES string of the molecule is Nc1nccc(-c2sc(C3CN(C4CC4)CCN3)nc2-c2cccc(NSc3cc(F)ccc3F)c2F)n1. The lowest BCUT2D eigenvalue weighted by Gasteiger charge is -2.32. The van der Waals surface area contributed by atoms with Crippen molar-refractivity contribution in [2.75, 3.05) is 30.1 Å². The molecule has 2 fully saturated rings. The standard InChI is InChI=1S/C26H24F3N7S2/c27-14-4-7-17(28)21(12-14)38-35-18-3-1-2-16(22(18)29)23-24(19-8-9-32-26(30)33-19)37-25(34-23)20-13-36(11-10-31-20)15-5-6-15/h1-4,7-9,12,15,20,31,35H,5-6,10-11,13H2,(H2,30,32,33). The van der Waals surface area contributed by atoms with Crippen molar-refractivity contribution in [3.63, 3.8) is 0 Å². The van der Waals surface area contributed by atoms with Gasteiger partial charge in [-0.25, -0.2) is 28.1 Å². The van der Waals surface area contributed by atoms with E-state index < -0.39 is 17.5 Å².